The molecule has 13 nitrogen and oxygen atoms in total. The summed E-state index contributed by atoms with van der Waals surface area (Å²) in [5.41, 5.74) is 25.5. The maximum Gasteiger partial charge on any atom is 0.238 e. The van der Waals surface area contributed by atoms with Crippen LogP contribution in [-0.2, 0) is 0 Å². The molecule has 0 aliphatic rings. The summed E-state index contributed by atoms with van der Waals surface area (Å²) in [6.07, 6.45) is 0. The van der Waals surface area contributed by atoms with Gasteiger partial charge in [-0.25, -0.2) is 24.9 Å². The zero-order valence-electron chi connectivity index (χ0n) is 72.3. The molecule has 0 N–H and O–H groups in total. The Balaban J connectivity index is 0.000000103. The number of nitrogens with zero attached hydrogens (tertiary/aromatic N) is 11. The van der Waals surface area contributed by atoms with Crippen LogP contribution in [0.3, 0.4) is 0 Å². The molecule has 0 fully saturated rings. The number of rotatable bonds is 10. The molecule has 0 saturated heterocycles. The van der Waals surface area contributed by atoms with Crippen molar-refractivity contribution in [1.82, 2.24) is 53.2 Å². The second-order valence-corrected chi connectivity index (χ2v) is 35.2. The molecule has 0 aliphatic heterocycles. The number of para-hydroxylation sites is 7. The highest BCUT2D eigenvalue weighted by Crippen LogP contribution is 2.48. The molecule has 10 aromatic heterocycles. The van der Waals surface area contributed by atoms with E-state index in [0.717, 1.165) is 187 Å². The Morgan fingerprint density at radius 2 is 0.600 bits per heavy atom. The summed E-state index contributed by atoms with van der Waals surface area (Å²) in [5.74, 6) is 3.14. The van der Waals surface area contributed by atoms with E-state index in [4.69, 9.17) is 43.7 Å². The van der Waals surface area contributed by atoms with E-state index >= 15 is 0 Å². The molecule has 29 aromatic rings. The lowest BCUT2D eigenvalue weighted by atomic mass is 10.0. The molecule has 0 aliphatic carbocycles. The van der Waals surface area contributed by atoms with Crippen LogP contribution in [0.2, 0.25) is 0 Å². The molecule has 14 heteroatoms. The van der Waals surface area contributed by atoms with E-state index in [-0.39, 0.29) is 0 Å². The van der Waals surface area contributed by atoms with Crippen molar-refractivity contribution in [1.29, 1.82) is 0 Å². The average molecular weight is 1750 g/mol. The zero-order valence-corrected chi connectivity index (χ0v) is 73.1. The number of aromatic nitrogens is 11. The first kappa shape index (κ1) is 76.9. The Kier molecular flexibility index (Phi) is 17.9. The predicted molar refractivity (Wildman–Crippen MR) is 556 cm³/mol. The molecule has 0 radical (unpaired) electrons. The molecule has 630 valence electrons. The number of benzene rings is 19. The third kappa shape index (κ3) is 12.6. The summed E-state index contributed by atoms with van der Waals surface area (Å²) in [6.45, 7) is 0. The van der Waals surface area contributed by atoms with Crippen molar-refractivity contribution < 1.29 is 8.83 Å². The van der Waals surface area contributed by atoms with Crippen LogP contribution in [0, 0.1) is 0 Å². The minimum Gasteiger partial charge on any atom is -0.455 e. The lowest BCUT2D eigenvalue weighted by Gasteiger charge is -2.13. The lowest BCUT2D eigenvalue weighted by Crippen LogP contribution is -2.06. The topological polar surface area (TPSA) is 136 Å². The first-order valence-corrected chi connectivity index (χ1v) is 46.1. The van der Waals surface area contributed by atoms with Gasteiger partial charge in [-0.2, -0.15) is 9.97 Å². The Labute approximate surface area is 774 Å². The molecular weight excluding hydrogens is 1670 g/mol. The van der Waals surface area contributed by atoms with Gasteiger partial charge < -0.3 is 13.4 Å². The first-order valence-electron chi connectivity index (χ1n) is 45.2. The van der Waals surface area contributed by atoms with Gasteiger partial charge in [0, 0.05) is 113 Å². The molecule has 29 rings (SSSR count). The van der Waals surface area contributed by atoms with Crippen molar-refractivity contribution in [3.63, 3.8) is 0 Å². The minimum atomic E-state index is 0.593. The maximum atomic E-state index is 6.63. The fourth-order valence-corrected chi connectivity index (χ4v) is 21.5. The third-order valence-corrected chi connectivity index (χ3v) is 27.6. The van der Waals surface area contributed by atoms with E-state index in [2.05, 4.69) is 364 Å². The van der Waals surface area contributed by atoms with Crippen LogP contribution in [0.1, 0.15) is 0 Å². The van der Waals surface area contributed by atoms with Gasteiger partial charge in [0.1, 0.15) is 22.3 Å². The van der Waals surface area contributed by atoms with Gasteiger partial charge in [0.25, 0.3) is 0 Å². The fraction of sp³-hybridized carbons (Fsp3) is 0. The van der Waals surface area contributed by atoms with Crippen LogP contribution < -0.4 is 0 Å². The van der Waals surface area contributed by atoms with E-state index in [1.807, 2.05) is 108 Å². The van der Waals surface area contributed by atoms with Gasteiger partial charge in [-0.15, -0.1) is 11.3 Å². The van der Waals surface area contributed by atoms with E-state index in [0.29, 0.717) is 29.5 Å². The number of hydrogen-bond donors (Lipinski definition) is 0. The second-order valence-electron chi connectivity index (χ2n) is 34.1. The van der Waals surface area contributed by atoms with Crippen molar-refractivity contribution in [2.24, 2.45) is 0 Å². The van der Waals surface area contributed by atoms with E-state index in [1.54, 1.807) is 0 Å². The molecule has 0 atom stereocenters. The SMILES string of the molecule is c1ccc(-c2ccc3c4c5oc6ccccc6c5ccc4n(-c4nc(-c5cccc6c5sc5ccccc56)c5ccccc5n4)c3c2)cc1.c1ccc(-c2ccc3nc(-n4c5ccccc5c5c6oc7ccccc7c6ccc54)nc(-c4ccccc4)c3c2)cc1.c1ccc(-c2nc(-c3ccccc3)nc(-n3c4ccccc4c4cc5c(cc43)c3ccccc3n5-c3ccccc3)n2)cc1. The zero-order chi connectivity index (χ0) is 88.7. The Hall–Kier alpha value is -18.1. The molecule has 135 heavy (non-hydrogen) atoms. The van der Waals surface area contributed by atoms with Gasteiger partial charge >= 0.3 is 0 Å². The van der Waals surface area contributed by atoms with Crippen LogP contribution in [-0.4, -0.2) is 53.2 Å². The highest BCUT2D eigenvalue weighted by molar-refractivity contribution is 7.26. The maximum absolute atomic E-state index is 6.63. The molecule has 0 unspecified atom stereocenters. The van der Waals surface area contributed by atoms with Crippen molar-refractivity contribution >= 4 is 184 Å². The highest BCUT2D eigenvalue weighted by Gasteiger charge is 2.28. The van der Waals surface area contributed by atoms with Gasteiger partial charge in [-0.05, 0) is 131 Å². The molecule has 0 saturated carbocycles. The highest BCUT2D eigenvalue weighted by atomic mass is 32.1. The predicted octanol–water partition coefficient (Wildman–Crippen LogP) is 31.7. The van der Waals surface area contributed by atoms with Gasteiger partial charge in [0.15, 0.2) is 11.6 Å². The van der Waals surface area contributed by atoms with Crippen LogP contribution >= 0.6 is 11.3 Å². The van der Waals surface area contributed by atoms with Gasteiger partial charge in [-0.1, -0.05) is 334 Å². The molecule has 10 heterocycles. The molecule has 0 spiro atoms. The van der Waals surface area contributed by atoms with Crippen LogP contribution in [0.4, 0.5) is 0 Å². The first-order chi connectivity index (χ1) is 67.0. The van der Waals surface area contributed by atoms with Crippen molar-refractivity contribution in [2.45, 2.75) is 0 Å². The van der Waals surface area contributed by atoms with Crippen LogP contribution in [0.15, 0.2) is 452 Å². The number of thiophene rings is 1. The van der Waals surface area contributed by atoms with Crippen molar-refractivity contribution in [2.75, 3.05) is 0 Å². The van der Waals surface area contributed by atoms with E-state index in [9.17, 15) is 0 Å². The Bertz CT molecular complexity index is 9770. The summed E-state index contributed by atoms with van der Waals surface area (Å²) < 4.78 is 24.6. The summed E-state index contributed by atoms with van der Waals surface area (Å²) in [5, 5.41) is 18.1. The number of fused-ring (bicyclic) bond motifs is 25. The standard InChI is InChI=1S/C44H25N3OS.C39H25N5.C38H23N3O/c1-2-11-26(12-3-1)27-21-22-33-37(25-27)47(36-24-23-30-28-13-5-8-19-38(28)48-42(30)40(33)36)44-45-35-18-7-4-15-32(35)41(46-44)34-17-10-16-31-29-14-6-9-20-39(29)49-43(31)34;1-4-14-26(15-5-1)37-40-38(27-16-6-2-7-17-27)42-39(41-37)44-34-23-13-11-21-30(34)32-24-35-31(25-36(32)44)29-20-10-12-22-33(29)43(35)28-18-8-3-9-19-28;1-3-11-24(12-4-1)26-19-21-31-30(23-26)36(25-13-5-2-6-14-25)40-38(39-31)41-32-17-9-7-16-29(32)35-33(41)22-20-28-27-15-8-10-18-34(27)42-37(28)35/h1-25H;1-25H;1-23H. The summed E-state index contributed by atoms with van der Waals surface area (Å²) in [7, 11) is 0. The van der Waals surface area contributed by atoms with Crippen molar-refractivity contribution in [3.8, 4) is 91.1 Å². The average Bonchev–Trinajstić information content (AvgIpc) is 1.56. The minimum absolute atomic E-state index is 0.593. The largest absolute Gasteiger partial charge is 0.455 e. The molecule has 0 bridgehead atoms. The van der Waals surface area contributed by atoms with E-state index < -0.39 is 0 Å². The summed E-state index contributed by atoms with van der Waals surface area (Å²) in [4.78, 5) is 36.4. The van der Waals surface area contributed by atoms with Gasteiger partial charge in [0.2, 0.25) is 17.8 Å². The van der Waals surface area contributed by atoms with Crippen LogP contribution in [0.5, 0.6) is 0 Å². The number of furan rings is 2. The Morgan fingerprint density at radius 3 is 1.19 bits per heavy atom. The molecule has 19 aromatic carbocycles. The van der Waals surface area contributed by atoms with Gasteiger partial charge in [0.05, 0.1) is 77.3 Å². The lowest BCUT2D eigenvalue weighted by molar-refractivity contribution is 0.672. The normalized spacial score (nSPS) is 11.9. The fourth-order valence-electron chi connectivity index (χ4n) is 20.3. The Morgan fingerprint density at radius 1 is 0.200 bits per heavy atom. The monoisotopic (exact) mass is 1740 g/mol. The third-order valence-electron chi connectivity index (χ3n) is 26.4. The van der Waals surface area contributed by atoms with E-state index in [1.165, 1.54) is 47.5 Å². The van der Waals surface area contributed by atoms with Gasteiger partial charge in [-0.3, -0.25) is 13.7 Å². The molecular formula is C121H73N11O2S. The number of hydrogen-bond acceptors (Lipinski definition) is 10. The van der Waals surface area contributed by atoms with Crippen molar-refractivity contribution in [3.05, 3.63) is 443 Å². The second kappa shape index (κ2) is 31.4. The quantitative estimate of drug-likeness (QED) is 0.131. The summed E-state index contributed by atoms with van der Waals surface area (Å²) >= 11 is 1.82. The smallest absolute Gasteiger partial charge is 0.238 e. The molecule has 0 amide bonds. The summed E-state index contributed by atoms with van der Waals surface area (Å²) in [6, 6.07) is 154. The van der Waals surface area contributed by atoms with Crippen LogP contribution in [0.25, 0.3) is 264 Å².